The number of halogens is 2. The largest absolute Gasteiger partial charge is 0.425 e. The molecule has 7 nitrogen and oxygen atoms in total. The summed E-state index contributed by atoms with van der Waals surface area (Å²) in [6.07, 6.45) is 6.13. The molecule has 1 heterocycles. The van der Waals surface area contributed by atoms with Crippen molar-refractivity contribution in [1.82, 2.24) is 15.5 Å². The Morgan fingerprint density at radius 3 is 2.66 bits per heavy atom. The lowest BCUT2D eigenvalue weighted by molar-refractivity contribution is -0.134. The molecule has 1 aliphatic carbocycles. The zero-order chi connectivity index (χ0) is 20.9. The van der Waals surface area contributed by atoms with E-state index in [1.165, 1.54) is 6.92 Å². The monoisotopic (exact) mass is 483 g/mol. The zero-order valence-electron chi connectivity index (χ0n) is 16.2. The van der Waals surface area contributed by atoms with Crippen molar-refractivity contribution in [3.8, 4) is 5.75 Å². The van der Waals surface area contributed by atoms with E-state index in [1.807, 2.05) is 0 Å². The molecule has 0 spiro atoms. The topological polar surface area (TPSA) is 94.3 Å². The lowest BCUT2D eigenvalue weighted by Crippen LogP contribution is -2.45. The van der Waals surface area contributed by atoms with Crippen molar-refractivity contribution in [2.45, 2.75) is 63.8 Å². The predicted octanol–water partition coefficient (Wildman–Crippen LogP) is 4.71. The van der Waals surface area contributed by atoms with Gasteiger partial charge in [-0.1, -0.05) is 42.4 Å². The van der Waals surface area contributed by atoms with Gasteiger partial charge < -0.3 is 14.6 Å². The first kappa shape index (κ1) is 21.8. The maximum atomic E-state index is 12.2. The third-order valence-electron chi connectivity index (χ3n) is 4.93. The molecule has 1 amide bonds. The van der Waals surface area contributed by atoms with Crippen LogP contribution in [-0.2, 0) is 21.5 Å². The molecule has 0 radical (unpaired) electrons. The molecule has 1 aromatic carbocycles. The Kier molecular flexibility index (Phi) is 7.29. The summed E-state index contributed by atoms with van der Waals surface area (Å²) in [5, 5.41) is 7.70. The van der Waals surface area contributed by atoms with Crippen LogP contribution < -0.4 is 10.1 Å². The van der Waals surface area contributed by atoms with Crippen LogP contribution >= 0.6 is 27.5 Å². The summed E-state index contributed by atoms with van der Waals surface area (Å²) in [5.74, 6) is 0.697. The Morgan fingerprint density at radius 1 is 1.28 bits per heavy atom. The Morgan fingerprint density at radius 2 is 2.00 bits per heavy atom. The highest BCUT2D eigenvalue weighted by Crippen LogP contribution is 2.34. The van der Waals surface area contributed by atoms with Crippen molar-refractivity contribution in [2.75, 3.05) is 0 Å². The highest BCUT2D eigenvalue weighted by Gasteiger charge is 2.38. The van der Waals surface area contributed by atoms with Crippen LogP contribution in [0.25, 0.3) is 0 Å². The number of aromatic nitrogens is 2. The second-order valence-electron chi connectivity index (χ2n) is 7.24. The fourth-order valence-electron chi connectivity index (χ4n) is 3.57. The van der Waals surface area contributed by atoms with E-state index in [2.05, 4.69) is 31.4 Å². The van der Waals surface area contributed by atoms with E-state index in [-0.39, 0.29) is 18.7 Å². The highest BCUT2D eigenvalue weighted by atomic mass is 79.9. The van der Waals surface area contributed by atoms with Crippen LogP contribution in [0.5, 0.6) is 5.75 Å². The fourth-order valence-corrected chi connectivity index (χ4v) is 4.33. The van der Waals surface area contributed by atoms with E-state index in [0.29, 0.717) is 27.0 Å². The number of ether oxygens (including phenoxy) is 1. The molecule has 29 heavy (non-hydrogen) atoms. The van der Waals surface area contributed by atoms with Crippen molar-refractivity contribution in [2.24, 2.45) is 0 Å². The van der Waals surface area contributed by atoms with E-state index < -0.39 is 11.5 Å². The standard InChI is InChI=1S/C20H23BrClN3O4/c1-13(26)24-20(10-4-2-3-5-11-20)19-23-17(29-25-19)8-9-18(27)28-16-7-6-14(22)12-15(16)21/h6-7,12H,2-5,8-11H2,1H3,(H,24,26). The van der Waals surface area contributed by atoms with Gasteiger partial charge in [0.1, 0.15) is 11.3 Å². The van der Waals surface area contributed by atoms with Gasteiger partial charge in [0.05, 0.1) is 10.9 Å². The van der Waals surface area contributed by atoms with Crippen molar-refractivity contribution in [3.05, 3.63) is 39.4 Å². The summed E-state index contributed by atoms with van der Waals surface area (Å²) in [6.45, 7) is 1.50. The summed E-state index contributed by atoms with van der Waals surface area (Å²) in [5.41, 5.74) is -0.598. The number of carbonyl (C=O) groups is 2. The Balaban J connectivity index is 1.64. The quantitative estimate of drug-likeness (QED) is 0.362. The van der Waals surface area contributed by atoms with E-state index in [1.54, 1.807) is 18.2 Å². The molecule has 1 saturated carbocycles. The first-order valence-electron chi connectivity index (χ1n) is 9.65. The number of benzene rings is 1. The van der Waals surface area contributed by atoms with Crippen LogP contribution in [0, 0.1) is 0 Å². The lowest BCUT2D eigenvalue weighted by Gasteiger charge is -2.30. The van der Waals surface area contributed by atoms with Gasteiger partial charge in [0.15, 0.2) is 5.82 Å². The minimum Gasteiger partial charge on any atom is -0.425 e. The molecular formula is C20H23BrClN3O4. The van der Waals surface area contributed by atoms with Crippen LogP contribution in [-0.4, -0.2) is 22.0 Å². The fraction of sp³-hybridized carbons (Fsp3) is 0.500. The van der Waals surface area contributed by atoms with Crippen molar-refractivity contribution >= 4 is 39.4 Å². The number of amides is 1. The molecule has 0 bridgehead atoms. The number of nitrogens with zero attached hydrogens (tertiary/aromatic N) is 2. The second kappa shape index (κ2) is 9.71. The van der Waals surface area contributed by atoms with Crippen LogP contribution in [0.1, 0.15) is 63.6 Å². The molecule has 0 unspecified atom stereocenters. The summed E-state index contributed by atoms with van der Waals surface area (Å²) < 4.78 is 11.3. The molecule has 2 aromatic rings. The van der Waals surface area contributed by atoms with E-state index in [9.17, 15) is 9.59 Å². The van der Waals surface area contributed by atoms with Crippen molar-refractivity contribution in [3.63, 3.8) is 0 Å². The summed E-state index contributed by atoms with van der Waals surface area (Å²) in [6, 6.07) is 4.93. The predicted molar refractivity (Wildman–Crippen MR) is 111 cm³/mol. The lowest BCUT2D eigenvalue weighted by atomic mass is 9.89. The molecule has 0 aliphatic heterocycles. The summed E-state index contributed by atoms with van der Waals surface area (Å²) in [4.78, 5) is 28.4. The normalized spacial score (nSPS) is 16.1. The third-order valence-corrected chi connectivity index (χ3v) is 5.78. The van der Waals surface area contributed by atoms with Crippen LogP contribution in [0.15, 0.2) is 27.2 Å². The van der Waals surface area contributed by atoms with Crippen molar-refractivity contribution < 1.29 is 18.8 Å². The van der Waals surface area contributed by atoms with Gasteiger partial charge in [0.25, 0.3) is 0 Å². The molecule has 1 N–H and O–H groups in total. The van der Waals surface area contributed by atoms with Gasteiger partial charge in [0, 0.05) is 18.4 Å². The SMILES string of the molecule is CC(=O)NC1(c2noc(CCC(=O)Oc3ccc(Cl)cc3Br)n2)CCCCCC1. The average Bonchev–Trinajstić information content (AvgIpc) is 3.02. The van der Waals surface area contributed by atoms with Crippen LogP contribution in [0.3, 0.4) is 0 Å². The van der Waals surface area contributed by atoms with Gasteiger partial charge in [-0.3, -0.25) is 9.59 Å². The number of carbonyl (C=O) groups excluding carboxylic acids is 2. The smallest absolute Gasteiger partial charge is 0.311 e. The number of esters is 1. The Bertz CT molecular complexity index is 878. The molecule has 0 atom stereocenters. The molecule has 9 heteroatoms. The number of rotatable bonds is 6. The Hall–Kier alpha value is -1.93. The van der Waals surface area contributed by atoms with E-state index in [0.717, 1.165) is 38.5 Å². The van der Waals surface area contributed by atoms with Gasteiger partial charge in [-0.2, -0.15) is 4.98 Å². The van der Waals surface area contributed by atoms with Gasteiger partial charge in [-0.05, 0) is 47.0 Å². The molecule has 3 rings (SSSR count). The first-order chi connectivity index (χ1) is 13.9. The number of hydrogen-bond acceptors (Lipinski definition) is 6. The second-order valence-corrected chi connectivity index (χ2v) is 8.53. The minimum absolute atomic E-state index is 0.0871. The number of aryl methyl sites for hydroxylation is 1. The van der Waals surface area contributed by atoms with Gasteiger partial charge in [0.2, 0.25) is 11.8 Å². The van der Waals surface area contributed by atoms with E-state index in [4.69, 9.17) is 20.9 Å². The zero-order valence-corrected chi connectivity index (χ0v) is 18.5. The summed E-state index contributed by atoms with van der Waals surface area (Å²) >= 11 is 9.20. The molecule has 1 aliphatic rings. The van der Waals surface area contributed by atoms with Crippen LogP contribution in [0.2, 0.25) is 5.02 Å². The minimum atomic E-state index is -0.598. The van der Waals surface area contributed by atoms with E-state index >= 15 is 0 Å². The molecule has 1 fully saturated rings. The van der Waals surface area contributed by atoms with Gasteiger partial charge in [-0.25, -0.2) is 0 Å². The molecule has 1 aromatic heterocycles. The van der Waals surface area contributed by atoms with Crippen molar-refractivity contribution in [1.29, 1.82) is 0 Å². The third kappa shape index (κ3) is 5.79. The number of hydrogen-bond donors (Lipinski definition) is 1. The maximum Gasteiger partial charge on any atom is 0.311 e. The van der Waals surface area contributed by atoms with Gasteiger partial charge in [-0.15, -0.1) is 0 Å². The Labute approximate surface area is 182 Å². The van der Waals surface area contributed by atoms with Gasteiger partial charge >= 0.3 is 5.97 Å². The number of nitrogens with one attached hydrogen (secondary N) is 1. The average molecular weight is 485 g/mol. The highest BCUT2D eigenvalue weighted by molar-refractivity contribution is 9.10. The van der Waals surface area contributed by atoms with Crippen LogP contribution in [0.4, 0.5) is 0 Å². The summed E-state index contributed by atoms with van der Waals surface area (Å²) in [7, 11) is 0. The molecule has 156 valence electrons. The molecular weight excluding hydrogens is 462 g/mol. The first-order valence-corrected chi connectivity index (χ1v) is 10.8. The molecule has 0 saturated heterocycles. The maximum absolute atomic E-state index is 12.2.